The summed E-state index contributed by atoms with van der Waals surface area (Å²) in [6.07, 6.45) is 4.38. The number of aromatic hydroxyl groups is 1. The maximum atomic E-state index is 12.9. The molecule has 0 radical (unpaired) electrons. The molecule has 2 aromatic carbocycles. The van der Waals surface area contributed by atoms with E-state index in [1.807, 2.05) is 6.07 Å². The summed E-state index contributed by atoms with van der Waals surface area (Å²) in [4.78, 5) is 15.3. The molecule has 0 fully saturated rings. The van der Waals surface area contributed by atoms with E-state index in [-0.39, 0.29) is 5.75 Å². The normalized spacial score (nSPS) is 11.3. The average molecular weight is 440 g/mol. The molecule has 0 atom stereocenters. The molecule has 0 spiro atoms. The number of nitrogens with zero attached hydrogens (tertiary/aromatic N) is 1. The molecule has 0 aliphatic heterocycles. The van der Waals surface area contributed by atoms with Crippen LogP contribution in [0.2, 0.25) is 0 Å². The van der Waals surface area contributed by atoms with Gasteiger partial charge in [0.15, 0.2) is 11.5 Å². The third kappa shape index (κ3) is 5.25. The van der Waals surface area contributed by atoms with Crippen molar-refractivity contribution in [3.8, 4) is 28.4 Å². The predicted molar refractivity (Wildman–Crippen MR) is 128 cm³/mol. The zero-order chi connectivity index (χ0) is 23.1. The van der Waals surface area contributed by atoms with Crippen molar-refractivity contribution in [2.24, 2.45) is 0 Å². The summed E-state index contributed by atoms with van der Waals surface area (Å²) in [6.45, 7) is 6.77. The molecule has 0 bridgehead atoms. The number of hydrogen-bond donors (Lipinski definition) is 1. The molecule has 0 aliphatic rings. The van der Waals surface area contributed by atoms with E-state index < -0.39 is 5.63 Å². The van der Waals surface area contributed by atoms with E-state index in [1.54, 1.807) is 44.6 Å². The highest BCUT2D eigenvalue weighted by Crippen LogP contribution is 2.34. The summed E-state index contributed by atoms with van der Waals surface area (Å²) in [5.41, 5.74) is 1.76. The second kappa shape index (κ2) is 11.0. The highest BCUT2D eigenvalue weighted by molar-refractivity contribution is 5.86. The van der Waals surface area contributed by atoms with Crippen LogP contribution in [0, 0.1) is 0 Å². The van der Waals surface area contributed by atoms with Gasteiger partial charge in [0, 0.05) is 11.9 Å². The van der Waals surface area contributed by atoms with Crippen LogP contribution in [0.4, 0.5) is 0 Å². The molecule has 0 unspecified atom stereocenters. The molecule has 172 valence electrons. The fourth-order valence-electron chi connectivity index (χ4n) is 3.85. The number of phenols is 1. The van der Waals surface area contributed by atoms with Gasteiger partial charge in [0.05, 0.1) is 25.3 Å². The Morgan fingerprint density at radius 3 is 2.25 bits per heavy atom. The van der Waals surface area contributed by atoms with Crippen molar-refractivity contribution >= 4 is 11.0 Å². The topological polar surface area (TPSA) is 72.1 Å². The second-order valence-corrected chi connectivity index (χ2v) is 7.98. The van der Waals surface area contributed by atoms with E-state index in [4.69, 9.17) is 13.9 Å². The quantitative estimate of drug-likeness (QED) is 0.393. The van der Waals surface area contributed by atoms with Gasteiger partial charge in [0.25, 0.3) is 0 Å². The minimum atomic E-state index is -0.453. The van der Waals surface area contributed by atoms with Crippen LogP contribution >= 0.6 is 0 Å². The van der Waals surface area contributed by atoms with Crippen molar-refractivity contribution < 1.29 is 19.0 Å². The Morgan fingerprint density at radius 2 is 1.62 bits per heavy atom. The predicted octanol–water partition coefficient (Wildman–Crippen LogP) is 5.59. The zero-order valence-corrected chi connectivity index (χ0v) is 19.4. The van der Waals surface area contributed by atoms with E-state index in [1.165, 1.54) is 0 Å². The first kappa shape index (κ1) is 23.7. The maximum Gasteiger partial charge on any atom is 0.344 e. The number of benzene rings is 2. The summed E-state index contributed by atoms with van der Waals surface area (Å²) in [5, 5.41) is 11.4. The smallest absolute Gasteiger partial charge is 0.344 e. The van der Waals surface area contributed by atoms with Crippen molar-refractivity contribution in [3.63, 3.8) is 0 Å². The van der Waals surface area contributed by atoms with Gasteiger partial charge in [-0.25, -0.2) is 4.79 Å². The summed E-state index contributed by atoms with van der Waals surface area (Å²) in [6, 6.07) is 10.6. The lowest BCUT2D eigenvalue weighted by molar-refractivity contribution is 0.253. The van der Waals surface area contributed by atoms with Crippen LogP contribution < -0.4 is 15.1 Å². The number of unbranched alkanes of at least 4 members (excludes halogenated alkanes) is 2. The lowest BCUT2D eigenvalue weighted by atomic mass is 10.0. The first-order valence-corrected chi connectivity index (χ1v) is 11.3. The van der Waals surface area contributed by atoms with Gasteiger partial charge < -0.3 is 19.0 Å². The minimum Gasteiger partial charge on any atom is -0.507 e. The molecule has 1 N–H and O–H groups in total. The first-order chi connectivity index (χ1) is 15.5. The van der Waals surface area contributed by atoms with Gasteiger partial charge in [0.1, 0.15) is 11.3 Å². The van der Waals surface area contributed by atoms with E-state index in [0.29, 0.717) is 40.3 Å². The molecular weight excluding hydrogens is 406 g/mol. The molecule has 0 saturated heterocycles. The fraction of sp³-hybridized carbons (Fsp3) is 0.423. The minimum absolute atomic E-state index is 0.150. The van der Waals surface area contributed by atoms with Gasteiger partial charge in [-0.2, -0.15) is 0 Å². The lowest BCUT2D eigenvalue weighted by Gasteiger charge is -2.23. The largest absolute Gasteiger partial charge is 0.507 e. The molecule has 6 nitrogen and oxygen atoms in total. The Balaban J connectivity index is 2.03. The Kier molecular flexibility index (Phi) is 8.17. The molecule has 0 aliphatic carbocycles. The number of methoxy groups -OCH3 is 2. The number of fused-ring (bicyclic) bond motifs is 1. The van der Waals surface area contributed by atoms with Crippen LogP contribution in [0.15, 0.2) is 45.6 Å². The Morgan fingerprint density at radius 1 is 0.938 bits per heavy atom. The van der Waals surface area contributed by atoms with Gasteiger partial charge in [-0.15, -0.1) is 0 Å². The van der Waals surface area contributed by atoms with Crippen molar-refractivity contribution in [1.29, 1.82) is 0 Å². The van der Waals surface area contributed by atoms with Crippen LogP contribution in [0.5, 0.6) is 17.2 Å². The van der Waals surface area contributed by atoms with Crippen molar-refractivity contribution in [1.82, 2.24) is 4.90 Å². The standard InChI is InChI=1S/C26H33NO5/c1-5-7-13-27(14-8-6-2)17-21-22(28)11-9-19-15-20(26(29)32-25(19)21)18-10-12-23(30-3)24(16-18)31-4/h9-12,15-16,28H,5-8,13-14,17H2,1-4H3. The number of ether oxygens (including phenoxy) is 2. The number of rotatable bonds is 11. The molecule has 32 heavy (non-hydrogen) atoms. The van der Waals surface area contributed by atoms with Crippen LogP contribution in [0.25, 0.3) is 22.1 Å². The summed E-state index contributed by atoms with van der Waals surface area (Å²) < 4.78 is 16.4. The molecule has 3 aromatic rings. The number of phenolic OH excluding ortho intramolecular Hbond substituents is 1. The van der Waals surface area contributed by atoms with Gasteiger partial charge in [0.2, 0.25) is 0 Å². The van der Waals surface area contributed by atoms with Crippen molar-refractivity contribution in [3.05, 3.63) is 52.4 Å². The molecule has 3 rings (SSSR count). The van der Waals surface area contributed by atoms with E-state index >= 15 is 0 Å². The zero-order valence-electron chi connectivity index (χ0n) is 19.4. The molecule has 0 saturated carbocycles. The Bertz CT molecular complexity index is 1100. The molecule has 6 heteroatoms. The van der Waals surface area contributed by atoms with Crippen LogP contribution in [-0.2, 0) is 6.54 Å². The molecular formula is C26H33NO5. The van der Waals surface area contributed by atoms with Crippen LogP contribution in [0.3, 0.4) is 0 Å². The van der Waals surface area contributed by atoms with Gasteiger partial charge in [-0.3, -0.25) is 4.90 Å². The monoisotopic (exact) mass is 439 g/mol. The van der Waals surface area contributed by atoms with Crippen LogP contribution in [-0.4, -0.2) is 37.3 Å². The summed E-state index contributed by atoms with van der Waals surface area (Å²) in [5.74, 6) is 1.28. The third-order valence-electron chi connectivity index (χ3n) is 5.71. The molecule has 0 amide bonds. The molecule has 1 heterocycles. The SMILES string of the molecule is CCCCN(CCCC)Cc1c(O)ccc2cc(-c3ccc(OC)c(OC)c3)c(=O)oc12. The van der Waals surface area contributed by atoms with Gasteiger partial charge >= 0.3 is 5.63 Å². The highest BCUT2D eigenvalue weighted by Gasteiger charge is 2.17. The van der Waals surface area contributed by atoms with Gasteiger partial charge in [-0.05, 0) is 61.8 Å². The average Bonchev–Trinajstić information content (AvgIpc) is 2.81. The lowest BCUT2D eigenvalue weighted by Crippen LogP contribution is -2.25. The third-order valence-corrected chi connectivity index (χ3v) is 5.71. The summed E-state index contributed by atoms with van der Waals surface area (Å²) in [7, 11) is 3.13. The van der Waals surface area contributed by atoms with Gasteiger partial charge in [-0.1, -0.05) is 32.8 Å². The molecule has 1 aromatic heterocycles. The number of hydrogen-bond acceptors (Lipinski definition) is 6. The second-order valence-electron chi connectivity index (χ2n) is 7.98. The van der Waals surface area contributed by atoms with Crippen molar-refractivity contribution in [2.45, 2.75) is 46.1 Å². The maximum absolute atomic E-state index is 12.9. The highest BCUT2D eigenvalue weighted by atomic mass is 16.5. The van der Waals surface area contributed by atoms with E-state index in [9.17, 15) is 9.90 Å². The Labute approximate surface area is 189 Å². The van der Waals surface area contributed by atoms with Crippen molar-refractivity contribution in [2.75, 3.05) is 27.3 Å². The van der Waals surface area contributed by atoms with E-state index in [2.05, 4.69) is 18.7 Å². The van der Waals surface area contributed by atoms with E-state index in [0.717, 1.165) is 44.2 Å². The fourth-order valence-corrected chi connectivity index (χ4v) is 3.85. The summed E-state index contributed by atoms with van der Waals surface area (Å²) >= 11 is 0. The van der Waals surface area contributed by atoms with Crippen LogP contribution in [0.1, 0.15) is 45.1 Å². The Hall–Kier alpha value is -2.99. The first-order valence-electron chi connectivity index (χ1n) is 11.3.